The summed E-state index contributed by atoms with van der Waals surface area (Å²) < 4.78 is 5.55. The number of nitrogens with zero attached hydrogens (tertiary/aromatic N) is 3. The van der Waals surface area contributed by atoms with Crippen LogP contribution in [0.15, 0.2) is 29.5 Å². The minimum Gasteiger partial charge on any atom is -0.472 e. The quantitative estimate of drug-likeness (QED) is 0.629. The molecule has 2 aliphatic rings. The zero-order chi connectivity index (χ0) is 14.9. The summed E-state index contributed by atoms with van der Waals surface area (Å²) in [5, 5.41) is 0.729. The van der Waals surface area contributed by atoms with E-state index in [0.29, 0.717) is 22.2 Å². The van der Waals surface area contributed by atoms with Crippen LogP contribution in [0, 0.1) is 0 Å². The van der Waals surface area contributed by atoms with Crippen LogP contribution < -0.4 is 0 Å². The van der Waals surface area contributed by atoms with Crippen molar-refractivity contribution < 1.29 is 9.53 Å². The molecule has 0 fully saturated rings. The molecule has 1 unspecified atom stereocenters. The first kappa shape index (κ1) is 14.5. The van der Waals surface area contributed by atoms with Crippen molar-refractivity contribution in [1.82, 2.24) is 9.88 Å². The molecule has 0 bridgehead atoms. The molecule has 1 aromatic rings. The molecule has 0 N–H and O–H groups in total. The van der Waals surface area contributed by atoms with Crippen molar-refractivity contribution in [2.45, 2.75) is 11.6 Å². The van der Waals surface area contributed by atoms with Gasteiger partial charge >= 0.3 is 0 Å². The third-order valence-electron chi connectivity index (χ3n) is 3.67. The number of halogens is 2. The number of hydrogen-bond acceptors (Lipinski definition) is 5. The van der Waals surface area contributed by atoms with Crippen LogP contribution in [0.5, 0.6) is 0 Å². The number of hydrogen-bond donors (Lipinski definition) is 0. The van der Waals surface area contributed by atoms with Crippen molar-refractivity contribution in [1.29, 1.82) is 0 Å². The van der Waals surface area contributed by atoms with Crippen LogP contribution in [0.1, 0.15) is 11.7 Å². The highest BCUT2D eigenvalue weighted by atomic mass is 35.5. The van der Waals surface area contributed by atoms with E-state index in [0.717, 1.165) is 19.4 Å². The maximum atomic E-state index is 11.8. The summed E-state index contributed by atoms with van der Waals surface area (Å²) in [5.41, 5.74) is -0.495. The van der Waals surface area contributed by atoms with Gasteiger partial charge in [0, 0.05) is 37.6 Å². The zero-order valence-electron chi connectivity index (χ0n) is 11.1. The lowest BCUT2D eigenvalue weighted by atomic mass is 9.89. The van der Waals surface area contributed by atoms with E-state index in [1.807, 2.05) is 0 Å². The van der Waals surface area contributed by atoms with E-state index in [4.69, 9.17) is 27.9 Å². The summed E-state index contributed by atoms with van der Waals surface area (Å²) in [4.78, 5) is 22.1. The molecule has 5 nitrogen and oxygen atoms in total. The summed E-state index contributed by atoms with van der Waals surface area (Å²) in [7, 11) is 0. The standard InChI is InChI=1S/C14H13Cl2N3O2/c15-10-5-17-6-11(16)12(10)13-14(8-20,18-9-21-13)7-19-3-1-2-4-19/h1-2,5-6,8-9,13H,3-4,7H2/t13-,14?/m1/s1. The van der Waals surface area contributed by atoms with E-state index in [1.165, 1.54) is 18.8 Å². The molecular formula is C14H13Cl2N3O2. The Labute approximate surface area is 132 Å². The molecule has 2 atom stereocenters. The first-order valence-corrected chi connectivity index (χ1v) is 7.23. The maximum absolute atomic E-state index is 11.8. The minimum atomic E-state index is -1.04. The number of carbonyl (C=O) groups excluding carboxylic acids is 1. The topological polar surface area (TPSA) is 54.8 Å². The number of ether oxygens (including phenoxy) is 1. The van der Waals surface area contributed by atoms with Crippen LogP contribution in [0.4, 0.5) is 0 Å². The van der Waals surface area contributed by atoms with E-state index in [-0.39, 0.29) is 0 Å². The Morgan fingerprint density at radius 1 is 1.33 bits per heavy atom. The second-order valence-electron chi connectivity index (χ2n) is 5.04. The van der Waals surface area contributed by atoms with Crippen LogP contribution in [0.2, 0.25) is 10.0 Å². The summed E-state index contributed by atoms with van der Waals surface area (Å²) in [6.45, 7) is 2.02. The summed E-state index contributed by atoms with van der Waals surface area (Å²) in [5.74, 6) is 0. The minimum absolute atomic E-state index is 0.365. The predicted octanol–water partition coefficient (Wildman–Crippen LogP) is 2.30. The van der Waals surface area contributed by atoms with Gasteiger partial charge < -0.3 is 9.53 Å². The van der Waals surface area contributed by atoms with Crippen LogP contribution in [0.3, 0.4) is 0 Å². The van der Waals surface area contributed by atoms with E-state index in [2.05, 4.69) is 27.0 Å². The smallest absolute Gasteiger partial charge is 0.172 e. The van der Waals surface area contributed by atoms with Gasteiger partial charge in [-0.05, 0) is 0 Å². The largest absolute Gasteiger partial charge is 0.472 e. The molecule has 110 valence electrons. The van der Waals surface area contributed by atoms with E-state index in [1.54, 1.807) is 0 Å². The number of rotatable bonds is 4. The van der Waals surface area contributed by atoms with Crippen molar-refractivity contribution in [2.24, 2.45) is 4.99 Å². The Balaban J connectivity index is 1.95. The molecule has 0 saturated heterocycles. The molecule has 21 heavy (non-hydrogen) atoms. The first-order chi connectivity index (χ1) is 10.2. The van der Waals surface area contributed by atoms with Crippen LogP contribution >= 0.6 is 23.2 Å². The lowest BCUT2D eigenvalue weighted by Gasteiger charge is -2.31. The number of aliphatic imine (C=N–C) groups is 1. The van der Waals surface area contributed by atoms with Crippen molar-refractivity contribution in [3.8, 4) is 0 Å². The molecule has 0 amide bonds. The molecule has 0 radical (unpaired) electrons. The number of aldehydes is 1. The molecule has 3 rings (SSSR count). The van der Waals surface area contributed by atoms with E-state index in [9.17, 15) is 4.79 Å². The first-order valence-electron chi connectivity index (χ1n) is 6.48. The Kier molecular flexibility index (Phi) is 3.97. The highest BCUT2D eigenvalue weighted by molar-refractivity contribution is 6.35. The number of aromatic nitrogens is 1. The molecule has 3 heterocycles. The van der Waals surface area contributed by atoms with Gasteiger partial charge in [0.05, 0.1) is 10.0 Å². The molecule has 0 aliphatic carbocycles. The van der Waals surface area contributed by atoms with Gasteiger partial charge in [-0.25, -0.2) is 4.99 Å². The molecular weight excluding hydrogens is 313 g/mol. The molecule has 0 saturated carbocycles. The Morgan fingerprint density at radius 2 is 2.00 bits per heavy atom. The molecule has 2 aliphatic heterocycles. The highest BCUT2D eigenvalue weighted by Gasteiger charge is 2.47. The summed E-state index contributed by atoms with van der Waals surface area (Å²) >= 11 is 12.4. The lowest BCUT2D eigenvalue weighted by Crippen LogP contribution is -2.45. The SMILES string of the molecule is O=CC1(CN2CC=CC2)N=CO[C@@H]1c1c(Cl)cncc1Cl. The fourth-order valence-corrected chi connectivity index (χ4v) is 3.19. The molecule has 0 spiro atoms. The maximum Gasteiger partial charge on any atom is 0.172 e. The second-order valence-corrected chi connectivity index (χ2v) is 5.86. The van der Waals surface area contributed by atoms with E-state index >= 15 is 0 Å². The van der Waals surface area contributed by atoms with Gasteiger partial charge in [-0.15, -0.1) is 0 Å². The fourth-order valence-electron chi connectivity index (χ4n) is 2.63. The Bertz CT molecular complexity index is 592. The highest BCUT2D eigenvalue weighted by Crippen LogP contribution is 2.41. The van der Waals surface area contributed by atoms with Crippen molar-refractivity contribution in [3.63, 3.8) is 0 Å². The number of pyridine rings is 1. The van der Waals surface area contributed by atoms with Crippen LogP contribution in [0.25, 0.3) is 0 Å². The second kappa shape index (κ2) is 5.75. The fraction of sp³-hybridized carbons (Fsp3) is 0.357. The zero-order valence-corrected chi connectivity index (χ0v) is 12.6. The van der Waals surface area contributed by atoms with Crippen molar-refractivity contribution >= 4 is 35.9 Å². The monoisotopic (exact) mass is 325 g/mol. The average Bonchev–Trinajstić information content (AvgIpc) is 3.10. The Morgan fingerprint density at radius 3 is 2.62 bits per heavy atom. The Hall–Kier alpha value is -1.43. The van der Waals surface area contributed by atoms with Gasteiger partial charge in [0.2, 0.25) is 0 Å². The van der Waals surface area contributed by atoms with Crippen LogP contribution in [-0.4, -0.2) is 47.7 Å². The third-order valence-corrected chi connectivity index (χ3v) is 4.27. The summed E-state index contributed by atoms with van der Waals surface area (Å²) in [6, 6.07) is 0. The van der Waals surface area contributed by atoms with Gasteiger partial charge in [-0.1, -0.05) is 35.4 Å². The number of carbonyl (C=O) groups is 1. The summed E-state index contributed by atoms with van der Waals surface area (Å²) in [6.07, 6.45) is 8.55. The van der Waals surface area contributed by atoms with Gasteiger partial charge in [-0.3, -0.25) is 9.88 Å². The predicted molar refractivity (Wildman–Crippen MR) is 81.0 cm³/mol. The molecule has 0 aromatic carbocycles. The van der Waals surface area contributed by atoms with Crippen molar-refractivity contribution in [3.05, 3.63) is 40.2 Å². The van der Waals surface area contributed by atoms with Gasteiger partial charge in [-0.2, -0.15) is 0 Å². The van der Waals surface area contributed by atoms with E-state index < -0.39 is 11.6 Å². The molecule has 7 heteroatoms. The molecule has 1 aromatic heterocycles. The van der Waals surface area contributed by atoms with Crippen molar-refractivity contribution in [2.75, 3.05) is 19.6 Å². The normalized spacial score (nSPS) is 28.0. The van der Waals surface area contributed by atoms with Crippen LogP contribution in [-0.2, 0) is 9.53 Å². The van der Waals surface area contributed by atoms with Gasteiger partial charge in [0.15, 0.2) is 24.3 Å². The van der Waals surface area contributed by atoms with Gasteiger partial charge in [0.1, 0.15) is 0 Å². The van der Waals surface area contributed by atoms with Gasteiger partial charge in [0.25, 0.3) is 0 Å². The third kappa shape index (κ3) is 2.57. The average molecular weight is 326 g/mol. The lowest BCUT2D eigenvalue weighted by molar-refractivity contribution is -0.115.